The molecular formula is C21H30FIN4OS. The van der Waals surface area contributed by atoms with E-state index in [1.165, 1.54) is 23.8 Å². The second-order valence-corrected chi connectivity index (χ2v) is 8.54. The van der Waals surface area contributed by atoms with Gasteiger partial charge in [0.2, 0.25) is 0 Å². The van der Waals surface area contributed by atoms with Gasteiger partial charge in [0.1, 0.15) is 5.01 Å². The predicted molar refractivity (Wildman–Crippen MR) is 128 cm³/mol. The summed E-state index contributed by atoms with van der Waals surface area (Å²) in [4.78, 5) is 10.4. The van der Waals surface area contributed by atoms with Crippen LogP contribution in [0.5, 0.6) is 5.75 Å². The minimum absolute atomic E-state index is 0. The van der Waals surface area contributed by atoms with Gasteiger partial charge in [-0.15, -0.1) is 35.3 Å². The minimum atomic E-state index is -0.317. The molecule has 0 spiro atoms. The van der Waals surface area contributed by atoms with Crippen molar-refractivity contribution in [3.8, 4) is 5.75 Å². The first-order valence-corrected chi connectivity index (χ1v) is 10.7. The fraction of sp³-hybridized carbons (Fsp3) is 0.524. The molecule has 2 aromatic rings. The van der Waals surface area contributed by atoms with Crippen molar-refractivity contribution >= 4 is 41.3 Å². The minimum Gasteiger partial charge on any atom is -0.490 e. The molecule has 0 aliphatic heterocycles. The van der Waals surface area contributed by atoms with Gasteiger partial charge in [-0.25, -0.2) is 14.4 Å². The molecule has 1 aromatic heterocycles. The first-order chi connectivity index (χ1) is 13.5. The van der Waals surface area contributed by atoms with Gasteiger partial charge in [-0.2, -0.15) is 0 Å². The smallest absolute Gasteiger partial charge is 0.192 e. The van der Waals surface area contributed by atoms with Crippen molar-refractivity contribution in [2.75, 3.05) is 13.2 Å². The Balaban J connectivity index is 0.00000300. The van der Waals surface area contributed by atoms with E-state index in [-0.39, 0.29) is 35.8 Å². The monoisotopic (exact) mass is 532 g/mol. The van der Waals surface area contributed by atoms with E-state index in [9.17, 15) is 4.39 Å². The summed E-state index contributed by atoms with van der Waals surface area (Å²) >= 11 is 1.67. The molecular weight excluding hydrogens is 502 g/mol. The van der Waals surface area contributed by atoms with Crippen molar-refractivity contribution in [3.63, 3.8) is 0 Å². The van der Waals surface area contributed by atoms with Crippen LogP contribution in [-0.2, 0) is 6.54 Å². The Bertz CT molecular complexity index is 819. The molecule has 1 unspecified atom stereocenters. The third-order valence-corrected chi connectivity index (χ3v) is 5.83. The number of nitrogens with zero attached hydrogens (tertiary/aromatic N) is 2. The number of benzene rings is 1. The van der Waals surface area contributed by atoms with E-state index < -0.39 is 0 Å². The lowest BCUT2D eigenvalue weighted by Crippen LogP contribution is -2.38. The fourth-order valence-corrected chi connectivity index (χ4v) is 3.62. The average molecular weight is 532 g/mol. The van der Waals surface area contributed by atoms with E-state index >= 15 is 0 Å². The van der Waals surface area contributed by atoms with Crippen LogP contribution >= 0.6 is 35.3 Å². The Kier molecular flexibility index (Phi) is 9.13. The molecule has 0 radical (unpaired) electrons. The van der Waals surface area contributed by atoms with Gasteiger partial charge >= 0.3 is 0 Å². The summed E-state index contributed by atoms with van der Waals surface area (Å²) in [5.41, 5.74) is 1.91. The van der Waals surface area contributed by atoms with Crippen LogP contribution in [0, 0.1) is 25.6 Å². The van der Waals surface area contributed by atoms with Crippen LogP contribution in [0.4, 0.5) is 4.39 Å². The molecule has 1 atom stereocenters. The summed E-state index contributed by atoms with van der Waals surface area (Å²) in [6, 6.07) is 5.07. The van der Waals surface area contributed by atoms with Gasteiger partial charge in [0.05, 0.1) is 24.9 Å². The van der Waals surface area contributed by atoms with Crippen molar-refractivity contribution in [3.05, 3.63) is 45.2 Å². The van der Waals surface area contributed by atoms with Crippen LogP contribution in [0.2, 0.25) is 0 Å². The van der Waals surface area contributed by atoms with Gasteiger partial charge in [-0.05, 0) is 64.2 Å². The molecule has 1 aromatic carbocycles. The van der Waals surface area contributed by atoms with Crippen LogP contribution in [0.1, 0.15) is 53.9 Å². The highest BCUT2D eigenvalue weighted by Crippen LogP contribution is 2.30. The number of guanidine groups is 1. The number of aryl methyl sites for hydroxylation is 2. The van der Waals surface area contributed by atoms with Gasteiger partial charge in [0, 0.05) is 11.4 Å². The molecule has 0 saturated heterocycles. The average Bonchev–Trinajstić information content (AvgIpc) is 3.43. The largest absolute Gasteiger partial charge is 0.490 e. The van der Waals surface area contributed by atoms with Crippen LogP contribution in [0.25, 0.3) is 0 Å². The fourth-order valence-electron chi connectivity index (χ4n) is 2.76. The van der Waals surface area contributed by atoms with E-state index in [4.69, 9.17) is 4.74 Å². The maximum Gasteiger partial charge on any atom is 0.192 e. The molecule has 0 amide bonds. The van der Waals surface area contributed by atoms with Gasteiger partial charge in [-0.1, -0.05) is 6.07 Å². The molecule has 1 aliphatic carbocycles. The molecule has 1 aliphatic rings. The molecule has 5 nitrogen and oxygen atoms in total. The SMILES string of the molecule is CCNC(=NCc1nc(C)c(C)s1)NC(C)c1ccc(OCC2CC2)c(F)c1.I. The summed E-state index contributed by atoms with van der Waals surface area (Å²) < 4.78 is 19.9. The van der Waals surface area contributed by atoms with Crippen LogP contribution in [0.3, 0.4) is 0 Å². The van der Waals surface area contributed by atoms with Gasteiger partial charge < -0.3 is 15.4 Å². The highest BCUT2D eigenvalue weighted by molar-refractivity contribution is 14.0. The zero-order chi connectivity index (χ0) is 20.1. The maximum atomic E-state index is 14.4. The Labute approximate surface area is 193 Å². The third kappa shape index (κ3) is 7.09. The number of halogens is 2. The van der Waals surface area contributed by atoms with Crippen molar-refractivity contribution in [2.45, 2.75) is 53.1 Å². The molecule has 8 heteroatoms. The lowest BCUT2D eigenvalue weighted by molar-refractivity contribution is 0.285. The van der Waals surface area contributed by atoms with Crippen LogP contribution in [0.15, 0.2) is 23.2 Å². The first kappa shape index (κ1) is 23.9. The number of hydrogen-bond donors (Lipinski definition) is 2. The molecule has 1 fully saturated rings. The van der Waals surface area contributed by atoms with E-state index in [0.29, 0.717) is 30.8 Å². The van der Waals surface area contributed by atoms with Crippen molar-refractivity contribution in [2.24, 2.45) is 10.9 Å². The van der Waals surface area contributed by atoms with Gasteiger partial charge in [0.15, 0.2) is 17.5 Å². The summed E-state index contributed by atoms with van der Waals surface area (Å²) in [5.74, 6) is 1.30. The summed E-state index contributed by atoms with van der Waals surface area (Å²) in [5, 5.41) is 7.57. The van der Waals surface area contributed by atoms with E-state index in [2.05, 4.69) is 27.5 Å². The number of aliphatic imine (C=N–C) groups is 1. The molecule has 1 saturated carbocycles. The number of hydrogen-bond acceptors (Lipinski definition) is 4. The van der Waals surface area contributed by atoms with Gasteiger partial charge in [-0.3, -0.25) is 0 Å². The second kappa shape index (κ2) is 11.1. The Morgan fingerprint density at radius 1 is 1.38 bits per heavy atom. The van der Waals surface area contributed by atoms with Crippen molar-refractivity contribution in [1.82, 2.24) is 15.6 Å². The van der Waals surface area contributed by atoms with Crippen LogP contribution < -0.4 is 15.4 Å². The van der Waals surface area contributed by atoms with E-state index in [1.807, 2.05) is 26.8 Å². The summed E-state index contributed by atoms with van der Waals surface area (Å²) in [7, 11) is 0. The number of nitrogens with one attached hydrogen (secondary N) is 2. The Morgan fingerprint density at radius 2 is 2.14 bits per heavy atom. The molecule has 3 rings (SSSR count). The topological polar surface area (TPSA) is 58.5 Å². The van der Waals surface area contributed by atoms with Crippen molar-refractivity contribution < 1.29 is 9.13 Å². The molecule has 1 heterocycles. The Hall–Kier alpha value is -1.42. The zero-order valence-corrected chi connectivity index (χ0v) is 20.6. The second-order valence-electron chi connectivity index (χ2n) is 7.25. The molecule has 160 valence electrons. The number of ether oxygens (including phenoxy) is 1. The Morgan fingerprint density at radius 3 is 2.72 bits per heavy atom. The van der Waals surface area contributed by atoms with Crippen LogP contribution in [-0.4, -0.2) is 24.1 Å². The lowest BCUT2D eigenvalue weighted by Gasteiger charge is -2.19. The summed E-state index contributed by atoms with van der Waals surface area (Å²) in [6.07, 6.45) is 2.38. The molecule has 2 N–H and O–H groups in total. The van der Waals surface area contributed by atoms with E-state index in [0.717, 1.165) is 22.8 Å². The quantitative estimate of drug-likeness (QED) is 0.282. The predicted octanol–water partition coefficient (Wildman–Crippen LogP) is 5.12. The maximum absolute atomic E-state index is 14.4. The van der Waals surface area contributed by atoms with Crippen molar-refractivity contribution in [1.29, 1.82) is 0 Å². The summed E-state index contributed by atoms with van der Waals surface area (Å²) in [6.45, 7) is 9.96. The highest BCUT2D eigenvalue weighted by atomic mass is 127. The number of thiazole rings is 1. The zero-order valence-electron chi connectivity index (χ0n) is 17.4. The van der Waals surface area contributed by atoms with Gasteiger partial charge in [0.25, 0.3) is 0 Å². The standard InChI is InChI=1S/C21H29FN4OS.HI/c1-5-23-21(24-11-20-25-13(2)15(4)28-20)26-14(3)17-8-9-19(18(22)10-17)27-12-16-6-7-16;/h8-10,14,16H,5-7,11-12H2,1-4H3,(H2,23,24,26);1H. The number of aromatic nitrogens is 1. The first-order valence-electron chi connectivity index (χ1n) is 9.86. The lowest BCUT2D eigenvalue weighted by atomic mass is 10.1. The third-order valence-electron chi connectivity index (χ3n) is 4.77. The number of rotatable bonds is 8. The molecule has 29 heavy (non-hydrogen) atoms. The molecule has 0 bridgehead atoms. The normalized spacial score (nSPS) is 14.9. The highest BCUT2D eigenvalue weighted by Gasteiger charge is 2.22. The van der Waals surface area contributed by atoms with E-state index in [1.54, 1.807) is 17.4 Å².